The molecule has 0 unspecified atom stereocenters. The second-order valence-corrected chi connectivity index (χ2v) is 23.9. The van der Waals surface area contributed by atoms with E-state index < -0.39 is 40.3 Å². The minimum Gasteiger partial charge on any atom is -0.489 e. The fraction of sp³-hybridized carbons (Fsp3) is 0.545. The fourth-order valence-corrected chi connectivity index (χ4v) is 12.4. The lowest BCUT2D eigenvalue weighted by molar-refractivity contribution is -0.164. The van der Waals surface area contributed by atoms with Crippen LogP contribution in [0.25, 0.3) is 10.4 Å². The number of halogens is 1. The van der Waals surface area contributed by atoms with Gasteiger partial charge in [0.05, 0.1) is 63.1 Å². The second kappa shape index (κ2) is 21.7. The summed E-state index contributed by atoms with van der Waals surface area (Å²) in [6, 6.07) is 16.6. The van der Waals surface area contributed by atoms with Crippen LogP contribution in [0.2, 0.25) is 5.02 Å². The number of ether oxygens (including phenoxy) is 2. The van der Waals surface area contributed by atoms with Crippen LogP contribution in [0.15, 0.2) is 66.3 Å². The Morgan fingerprint density at radius 1 is 0.959 bits per heavy atom. The quantitative estimate of drug-likeness (QED) is 0.0742. The number of aryl methyl sites for hydroxylation is 1. The van der Waals surface area contributed by atoms with E-state index in [0.717, 1.165) is 47.4 Å². The number of nitriles is 1. The molecule has 4 aliphatic rings. The van der Waals surface area contributed by atoms with Gasteiger partial charge in [-0.15, -0.1) is 11.3 Å². The van der Waals surface area contributed by atoms with Crippen LogP contribution in [-0.4, -0.2) is 123 Å². The van der Waals surface area contributed by atoms with Crippen LogP contribution in [-0.2, 0) is 19.1 Å². The number of β-amino-alcohol motifs (C(OH)–C–C–N with tert-alkyl or cyclic N) is 1. The minimum absolute atomic E-state index is 0.00435. The number of aliphatic hydroxyl groups is 1. The molecule has 2 aromatic carbocycles. The molecule has 0 spiro atoms. The molecule has 4 aromatic rings. The molecule has 0 bridgehead atoms. The third-order valence-corrected chi connectivity index (χ3v) is 16.5. The van der Waals surface area contributed by atoms with Gasteiger partial charge in [0.25, 0.3) is 5.91 Å². The molecule has 2 saturated carbocycles. The highest BCUT2D eigenvalue weighted by atomic mass is 35.5. The van der Waals surface area contributed by atoms with E-state index in [1.54, 1.807) is 41.8 Å². The number of carbonyl (C=O) groups excluding carboxylic acids is 4. The van der Waals surface area contributed by atoms with Crippen LogP contribution in [0.4, 0.5) is 5.82 Å². The molecule has 18 heteroatoms. The van der Waals surface area contributed by atoms with Crippen molar-refractivity contribution >= 4 is 52.4 Å². The third kappa shape index (κ3) is 12.0. The largest absolute Gasteiger partial charge is 0.489 e. The first-order valence-corrected chi connectivity index (χ1v) is 26.6. The number of hydrogen-bond donors (Lipinski definition) is 5. The van der Waals surface area contributed by atoms with Gasteiger partial charge < -0.3 is 40.7 Å². The number of carbonyl (C=O) groups is 4. The monoisotopic (exact) mass is 1040 g/mol. The molecule has 73 heavy (non-hydrogen) atoms. The van der Waals surface area contributed by atoms with Gasteiger partial charge in [-0.2, -0.15) is 5.26 Å². The Morgan fingerprint density at radius 2 is 1.66 bits per heavy atom. The maximum atomic E-state index is 14.3. The maximum absolute atomic E-state index is 14.3. The summed E-state index contributed by atoms with van der Waals surface area (Å²) in [7, 11) is 0. The molecule has 4 fully saturated rings. The summed E-state index contributed by atoms with van der Waals surface area (Å²) in [5.74, 6) is 0.0476. The van der Waals surface area contributed by atoms with Crippen molar-refractivity contribution < 1.29 is 33.8 Å². The average molecular weight is 1040 g/mol. The Kier molecular flexibility index (Phi) is 15.9. The first-order chi connectivity index (χ1) is 34.5. The summed E-state index contributed by atoms with van der Waals surface area (Å²) in [5.41, 5.74) is 4.15. The summed E-state index contributed by atoms with van der Waals surface area (Å²) >= 11 is 7.84. The van der Waals surface area contributed by atoms with E-state index in [0.29, 0.717) is 40.8 Å². The van der Waals surface area contributed by atoms with Gasteiger partial charge >= 0.3 is 0 Å². The van der Waals surface area contributed by atoms with Crippen LogP contribution in [0.3, 0.4) is 0 Å². The molecule has 2 aliphatic heterocycles. The highest BCUT2D eigenvalue weighted by Crippen LogP contribution is 2.55. The van der Waals surface area contributed by atoms with Crippen LogP contribution >= 0.6 is 22.9 Å². The van der Waals surface area contributed by atoms with Gasteiger partial charge in [-0.3, -0.25) is 24.1 Å². The number of amides is 4. The number of benzene rings is 2. The molecular formula is C55H70ClN9O7S. The average Bonchev–Trinajstić information content (AvgIpc) is 3.96. The zero-order valence-corrected chi connectivity index (χ0v) is 44.9. The van der Waals surface area contributed by atoms with Crippen molar-refractivity contribution in [2.75, 3.05) is 31.5 Å². The number of piperidine rings is 1. The summed E-state index contributed by atoms with van der Waals surface area (Å²) < 4.78 is 12.8. The molecule has 5 N–H and O–H groups in total. The zero-order valence-electron chi connectivity index (χ0n) is 43.3. The van der Waals surface area contributed by atoms with Crippen molar-refractivity contribution in [3.8, 4) is 22.3 Å². The minimum atomic E-state index is -0.911. The lowest BCUT2D eigenvalue weighted by Crippen LogP contribution is -2.74. The van der Waals surface area contributed by atoms with Crippen LogP contribution < -0.4 is 26.0 Å². The van der Waals surface area contributed by atoms with Crippen molar-refractivity contribution in [3.63, 3.8) is 0 Å². The summed E-state index contributed by atoms with van der Waals surface area (Å²) in [6.45, 7) is 19.3. The molecule has 8 rings (SSSR count). The predicted octanol–water partition coefficient (Wildman–Crippen LogP) is 7.44. The first kappa shape index (κ1) is 53.6. The molecule has 4 atom stereocenters. The number of aromatic nitrogens is 2. The lowest BCUT2D eigenvalue weighted by atomic mass is 9.49. The summed E-state index contributed by atoms with van der Waals surface area (Å²) in [5, 5.41) is 33.0. The van der Waals surface area contributed by atoms with Crippen molar-refractivity contribution in [2.45, 2.75) is 149 Å². The summed E-state index contributed by atoms with van der Waals surface area (Å²) in [6.07, 6.45) is 4.03. The van der Waals surface area contributed by atoms with Gasteiger partial charge in [0.15, 0.2) is 0 Å². The first-order valence-electron chi connectivity index (χ1n) is 25.4. The van der Waals surface area contributed by atoms with Crippen LogP contribution in [0.5, 0.6) is 5.75 Å². The van der Waals surface area contributed by atoms with Crippen molar-refractivity contribution in [2.24, 2.45) is 16.2 Å². The molecule has 0 radical (unpaired) electrons. The van der Waals surface area contributed by atoms with Crippen molar-refractivity contribution in [1.82, 2.24) is 35.7 Å². The SMILES string of the molecule is Cc1ncsc1-c1ccc([C@H](C)NC(=O)[C@@H]2C[C@@H](O)CN2C(=O)[C@@H](NC(=O)CN2CCC(OC3CC(Nc4ccc(C(=O)NC5C(C)(C)C(Oc6ccc(C#N)c(Cl)c6)C5(C)C)cn4)C3)CC2)C(C)(C)C)cc1. The van der Waals surface area contributed by atoms with Gasteiger partial charge in [-0.05, 0) is 80.3 Å². The molecule has 2 aliphatic carbocycles. The molecule has 4 amide bonds. The normalized spacial score (nSPS) is 24.5. The number of hydrogen-bond acceptors (Lipinski definition) is 13. The van der Waals surface area contributed by atoms with Crippen molar-refractivity contribution in [1.29, 1.82) is 5.26 Å². The van der Waals surface area contributed by atoms with Crippen LogP contribution in [0.1, 0.15) is 121 Å². The molecule has 16 nitrogen and oxygen atoms in total. The third-order valence-electron chi connectivity index (χ3n) is 15.2. The number of nitrogens with one attached hydrogen (secondary N) is 4. The van der Waals surface area contributed by atoms with E-state index >= 15 is 0 Å². The Balaban J connectivity index is 0.745. The molecular weight excluding hydrogens is 966 g/mol. The molecule has 390 valence electrons. The number of nitrogens with zero attached hydrogens (tertiary/aromatic N) is 5. The number of thiazole rings is 1. The number of rotatable bonds is 16. The highest BCUT2D eigenvalue weighted by molar-refractivity contribution is 7.13. The van der Waals surface area contributed by atoms with E-state index in [-0.39, 0.29) is 73.7 Å². The molecule has 2 saturated heterocycles. The fourth-order valence-electron chi connectivity index (χ4n) is 11.3. The number of aliphatic hydroxyl groups excluding tert-OH is 1. The van der Waals surface area contributed by atoms with E-state index in [1.165, 1.54) is 4.90 Å². The van der Waals surface area contributed by atoms with Gasteiger partial charge in [-0.25, -0.2) is 9.97 Å². The zero-order chi connectivity index (χ0) is 52.6. The van der Waals surface area contributed by atoms with E-state index in [1.807, 2.05) is 70.5 Å². The van der Waals surface area contributed by atoms with E-state index in [2.05, 4.69) is 69.9 Å². The van der Waals surface area contributed by atoms with Crippen molar-refractivity contribution in [3.05, 3.63) is 93.7 Å². The highest BCUT2D eigenvalue weighted by Gasteiger charge is 2.64. The number of anilines is 1. The molecule has 4 heterocycles. The smallest absolute Gasteiger partial charge is 0.253 e. The van der Waals surface area contributed by atoms with Crippen LogP contribution in [0, 0.1) is 34.5 Å². The number of pyridine rings is 1. The van der Waals surface area contributed by atoms with Gasteiger partial charge in [0, 0.05) is 61.2 Å². The van der Waals surface area contributed by atoms with Gasteiger partial charge in [0.1, 0.15) is 35.8 Å². The summed E-state index contributed by atoms with van der Waals surface area (Å²) in [4.78, 5) is 68.6. The Morgan fingerprint density at radius 3 is 2.26 bits per heavy atom. The van der Waals surface area contributed by atoms with E-state index in [4.69, 9.17) is 21.1 Å². The van der Waals surface area contributed by atoms with E-state index in [9.17, 15) is 29.5 Å². The van der Waals surface area contributed by atoms with Gasteiger partial charge in [0.2, 0.25) is 17.7 Å². The Bertz CT molecular complexity index is 2670. The Labute approximate surface area is 438 Å². The van der Waals surface area contributed by atoms with Gasteiger partial charge in [-0.1, -0.05) is 84.3 Å². The second-order valence-electron chi connectivity index (χ2n) is 22.7. The molecule has 2 aromatic heterocycles. The maximum Gasteiger partial charge on any atom is 0.253 e. The standard InChI is InChI=1S/C55H70ClN9O7S/c1-31(33-10-12-34(13-11-33)46-32(2)59-30-73-46)60-49(69)43-24-38(66)28-65(43)50(70)47(53(3,4)5)62-45(67)29-64-20-18-39(19-21-64)71-41-22-37(23-41)61-44-17-15-36(27-58-44)48(68)63-51-54(6,7)52(55(51,8)9)72-40-16-14-35(26-57)42(56)25-40/h10-17,25,27,30-31,37-39,41,43,47,51-52,66H,18-24,28-29H2,1-9H3,(H,58,61)(H,60,69)(H,62,67)(H,63,68)/t31-,37?,38+,41?,43-,47+,51?,52?/m0/s1. The lowest BCUT2D eigenvalue weighted by Gasteiger charge is -2.63. The topological polar surface area (TPSA) is 211 Å². The predicted molar refractivity (Wildman–Crippen MR) is 281 cm³/mol. The number of likely N-dealkylation sites (tertiary alicyclic amines) is 2. The Hall–Kier alpha value is -5.64.